The predicted octanol–water partition coefficient (Wildman–Crippen LogP) is 3.89. The molecule has 3 aromatic rings. The molecule has 1 aromatic heterocycles. The van der Waals surface area contributed by atoms with Gasteiger partial charge in [-0.2, -0.15) is 0 Å². The minimum atomic E-state index is 0.404. The van der Waals surface area contributed by atoms with Crippen molar-refractivity contribution in [1.82, 2.24) is 20.8 Å². The van der Waals surface area contributed by atoms with Crippen LogP contribution in [0.3, 0.4) is 0 Å². The monoisotopic (exact) mass is 418 g/mol. The van der Waals surface area contributed by atoms with Crippen LogP contribution in [0.2, 0.25) is 0 Å². The fraction of sp³-hybridized carbons (Fsp3) is 0.440. The summed E-state index contributed by atoms with van der Waals surface area (Å²) in [4.78, 5) is 17.1. The highest BCUT2D eigenvalue weighted by atomic mass is 16.9. The van der Waals surface area contributed by atoms with Crippen LogP contribution in [0.25, 0.3) is 10.9 Å². The number of H-pyrrole nitrogens is 1. The van der Waals surface area contributed by atoms with Gasteiger partial charge in [-0.3, -0.25) is 4.90 Å². The van der Waals surface area contributed by atoms with Crippen molar-refractivity contribution >= 4 is 10.9 Å². The first-order chi connectivity index (χ1) is 15.3. The van der Waals surface area contributed by atoms with E-state index in [1.54, 1.807) is 0 Å². The van der Waals surface area contributed by atoms with Gasteiger partial charge in [0.2, 0.25) is 0 Å². The molecule has 2 aromatic carbocycles. The Balaban J connectivity index is 1.29. The molecule has 0 saturated carbocycles. The molecule has 0 amide bonds. The smallest absolute Gasteiger partial charge is 0.196 e. The lowest BCUT2D eigenvalue weighted by Crippen LogP contribution is -2.41. The van der Waals surface area contributed by atoms with Gasteiger partial charge in [0.1, 0.15) is 0 Å². The zero-order valence-corrected chi connectivity index (χ0v) is 17.8. The van der Waals surface area contributed by atoms with Crippen molar-refractivity contribution in [2.45, 2.75) is 38.1 Å². The summed E-state index contributed by atoms with van der Waals surface area (Å²) in [5, 5.41) is 4.85. The second-order valence-corrected chi connectivity index (χ2v) is 9.14. The minimum Gasteiger partial charge on any atom is -0.370 e. The van der Waals surface area contributed by atoms with E-state index in [4.69, 9.17) is 9.68 Å². The van der Waals surface area contributed by atoms with Gasteiger partial charge in [0, 0.05) is 41.9 Å². The quantitative estimate of drug-likeness (QED) is 0.587. The lowest BCUT2D eigenvalue weighted by atomic mass is 9.86. The van der Waals surface area contributed by atoms with E-state index in [9.17, 15) is 0 Å². The average Bonchev–Trinajstić information content (AvgIpc) is 3.44. The van der Waals surface area contributed by atoms with Crippen LogP contribution in [-0.2, 0) is 12.8 Å². The number of aromatic amines is 1. The molecule has 3 N–H and O–H groups in total. The summed E-state index contributed by atoms with van der Waals surface area (Å²) in [7, 11) is 0. The second kappa shape index (κ2) is 8.19. The molecular weight excluding hydrogens is 388 g/mol. The Labute approximate surface area is 182 Å². The summed E-state index contributed by atoms with van der Waals surface area (Å²) in [5.74, 6) is 2.40. The van der Waals surface area contributed by atoms with Crippen LogP contribution in [0.5, 0.6) is 11.5 Å². The highest BCUT2D eigenvalue weighted by Gasteiger charge is 2.32. The molecule has 31 heavy (non-hydrogen) atoms. The molecule has 1 fully saturated rings. The molecular formula is C25H30N4O2. The number of para-hydroxylation sites is 1. The first-order valence-electron chi connectivity index (χ1n) is 11.6. The number of nitrogens with one attached hydrogen (secondary N) is 3. The molecule has 0 aliphatic carbocycles. The Kier molecular flexibility index (Phi) is 5.06. The van der Waals surface area contributed by atoms with Crippen LogP contribution in [0.4, 0.5) is 0 Å². The van der Waals surface area contributed by atoms with E-state index >= 15 is 0 Å². The van der Waals surface area contributed by atoms with Gasteiger partial charge in [-0.25, -0.2) is 0 Å². The maximum atomic E-state index is 5.50. The maximum Gasteiger partial charge on any atom is 0.196 e. The van der Waals surface area contributed by atoms with Crippen LogP contribution in [-0.4, -0.2) is 36.1 Å². The second-order valence-electron chi connectivity index (χ2n) is 9.14. The number of aromatic nitrogens is 1. The third-order valence-corrected chi connectivity index (χ3v) is 7.29. The molecule has 1 unspecified atom stereocenters. The number of aryl methyl sites for hydroxylation is 1. The number of rotatable bonds is 5. The van der Waals surface area contributed by atoms with Crippen LogP contribution >= 0.6 is 0 Å². The molecule has 4 heterocycles. The van der Waals surface area contributed by atoms with Crippen LogP contribution < -0.4 is 20.6 Å². The number of hydrogen-bond acceptors (Lipinski definition) is 5. The molecule has 6 rings (SSSR count). The SMILES string of the molecule is c1ccc2c(CCC3c4cc5c(cc4CCN3CC3CCNCC3)ONO5)c[nH]c2c1. The van der Waals surface area contributed by atoms with Crippen molar-refractivity contribution in [1.29, 1.82) is 0 Å². The molecule has 1 saturated heterocycles. The van der Waals surface area contributed by atoms with Crippen LogP contribution in [0, 0.1) is 5.92 Å². The number of piperidine rings is 1. The fourth-order valence-electron chi connectivity index (χ4n) is 5.61. The van der Waals surface area contributed by atoms with Gasteiger partial charge in [-0.15, -0.1) is 0 Å². The predicted molar refractivity (Wildman–Crippen MR) is 121 cm³/mol. The van der Waals surface area contributed by atoms with E-state index in [2.05, 4.69) is 63.4 Å². The van der Waals surface area contributed by atoms with Gasteiger partial charge < -0.3 is 20.0 Å². The largest absolute Gasteiger partial charge is 0.370 e. The summed E-state index contributed by atoms with van der Waals surface area (Å²) >= 11 is 0. The fourth-order valence-corrected chi connectivity index (χ4v) is 5.61. The van der Waals surface area contributed by atoms with Crippen molar-refractivity contribution in [3.63, 3.8) is 0 Å². The molecule has 6 heteroatoms. The number of hydrogen-bond donors (Lipinski definition) is 3. The number of benzene rings is 2. The highest BCUT2D eigenvalue weighted by Crippen LogP contribution is 2.41. The van der Waals surface area contributed by atoms with E-state index in [0.29, 0.717) is 6.04 Å². The molecule has 3 aliphatic heterocycles. The van der Waals surface area contributed by atoms with Gasteiger partial charge >= 0.3 is 0 Å². The van der Waals surface area contributed by atoms with E-state index in [0.717, 1.165) is 56.3 Å². The Morgan fingerprint density at radius 3 is 2.77 bits per heavy atom. The van der Waals surface area contributed by atoms with Crippen molar-refractivity contribution in [2.24, 2.45) is 5.92 Å². The summed E-state index contributed by atoms with van der Waals surface area (Å²) in [5.41, 5.74) is 7.99. The standard InChI is InChI=1S/C25H30N4O2/c1-2-4-22-20(3-1)19(15-27-22)5-6-23-21-14-25-24(30-28-31-25)13-18(21)9-12-29(23)16-17-7-10-26-11-8-17/h1-4,13-15,17,23,26-28H,5-12,16H2. The zero-order valence-electron chi connectivity index (χ0n) is 17.8. The molecule has 3 aliphatic rings. The maximum absolute atomic E-state index is 5.50. The van der Waals surface area contributed by atoms with Crippen molar-refractivity contribution in [2.75, 3.05) is 26.2 Å². The molecule has 0 radical (unpaired) electrons. The molecule has 0 bridgehead atoms. The summed E-state index contributed by atoms with van der Waals surface area (Å²) in [6.45, 7) is 4.60. The van der Waals surface area contributed by atoms with E-state index < -0.39 is 0 Å². The first kappa shape index (κ1) is 19.2. The Morgan fingerprint density at radius 1 is 1.03 bits per heavy atom. The van der Waals surface area contributed by atoms with Crippen molar-refractivity contribution in [3.05, 3.63) is 59.3 Å². The molecule has 162 valence electrons. The van der Waals surface area contributed by atoms with Crippen molar-refractivity contribution in [3.8, 4) is 11.5 Å². The summed E-state index contributed by atoms with van der Waals surface area (Å²) in [6.07, 6.45) is 7.99. The lowest BCUT2D eigenvalue weighted by Gasteiger charge is -2.40. The first-order valence-corrected chi connectivity index (χ1v) is 11.6. The topological polar surface area (TPSA) is 61.6 Å². The van der Waals surface area contributed by atoms with E-state index in [1.807, 2.05) is 0 Å². The average molecular weight is 419 g/mol. The zero-order chi connectivity index (χ0) is 20.6. The van der Waals surface area contributed by atoms with Crippen LogP contribution in [0.15, 0.2) is 42.6 Å². The third kappa shape index (κ3) is 3.69. The summed E-state index contributed by atoms with van der Waals surface area (Å²) < 4.78 is 0. The normalized spacial score (nSPS) is 21.5. The van der Waals surface area contributed by atoms with Crippen molar-refractivity contribution < 1.29 is 9.68 Å². The van der Waals surface area contributed by atoms with E-state index in [-0.39, 0.29) is 0 Å². The highest BCUT2D eigenvalue weighted by molar-refractivity contribution is 5.83. The number of nitrogens with zero attached hydrogens (tertiary/aromatic N) is 1. The van der Waals surface area contributed by atoms with Crippen LogP contribution in [0.1, 0.15) is 42.0 Å². The third-order valence-electron chi connectivity index (χ3n) is 7.29. The molecule has 1 atom stereocenters. The Bertz CT molecular complexity index is 1070. The minimum absolute atomic E-state index is 0.404. The summed E-state index contributed by atoms with van der Waals surface area (Å²) in [6, 6.07) is 13.4. The van der Waals surface area contributed by atoms with Gasteiger partial charge in [0.15, 0.2) is 11.5 Å². The molecule has 0 spiro atoms. The van der Waals surface area contributed by atoms with Gasteiger partial charge in [0.05, 0.1) is 0 Å². The Hall–Kier alpha value is -2.54. The van der Waals surface area contributed by atoms with Gasteiger partial charge in [-0.05, 0) is 86.0 Å². The number of fused-ring (bicyclic) bond motifs is 3. The van der Waals surface area contributed by atoms with Gasteiger partial charge in [0.25, 0.3) is 0 Å². The van der Waals surface area contributed by atoms with E-state index in [1.165, 1.54) is 47.0 Å². The Morgan fingerprint density at radius 2 is 1.87 bits per heavy atom. The molecule has 6 nitrogen and oxygen atoms in total. The van der Waals surface area contributed by atoms with Gasteiger partial charge in [-0.1, -0.05) is 18.2 Å². The lowest BCUT2D eigenvalue weighted by molar-refractivity contribution is 0.0259.